The van der Waals surface area contributed by atoms with Gasteiger partial charge in [-0.25, -0.2) is 8.42 Å². The third kappa shape index (κ3) is 5.20. The van der Waals surface area contributed by atoms with Gasteiger partial charge in [0.1, 0.15) is 6.54 Å². The van der Waals surface area contributed by atoms with Gasteiger partial charge in [-0.05, 0) is 84.0 Å². The number of anilines is 2. The van der Waals surface area contributed by atoms with E-state index in [1.807, 2.05) is 32.0 Å². The van der Waals surface area contributed by atoms with Crippen molar-refractivity contribution in [1.29, 1.82) is 0 Å². The highest BCUT2D eigenvalue weighted by atomic mass is 127. The molecule has 7 heteroatoms. The Morgan fingerprint density at radius 1 is 1.08 bits per heavy atom. The average Bonchev–Trinajstić information content (AvgIpc) is 2.45. The lowest BCUT2D eigenvalue weighted by molar-refractivity contribution is -0.114. The maximum Gasteiger partial charge on any atom is 0.245 e. The van der Waals surface area contributed by atoms with Crippen molar-refractivity contribution >= 4 is 49.9 Å². The van der Waals surface area contributed by atoms with Gasteiger partial charge in [-0.1, -0.05) is 6.07 Å². The molecule has 0 heterocycles. The lowest BCUT2D eigenvalue weighted by Gasteiger charge is -2.22. The number of sulfonamides is 1. The number of nitrogens with zero attached hydrogens (tertiary/aromatic N) is 1. The van der Waals surface area contributed by atoms with Gasteiger partial charge in [0.2, 0.25) is 15.9 Å². The maximum absolute atomic E-state index is 12.3. The SMILES string of the molecule is Cc1cc(C)cc(N(CC(=O)Nc2ccc(I)cc2)S(C)(=O)=O)c1. The third-order valence-electron chi connectivity index (χ3n) is 3.31. The second-order valence-electron chi connectivity index (χ2n) is 5.67. The van der Waals surface area contributed by atoms with E-state index in [9.17, 15) is 13.2 Å². The minimum Gasteiger partial charge on any atom is -0.325 e. The predicted octanol–water partition coefficient (Wildman–Crippen LogP) is 3.31. The first-order valence-electron chi connectivity index (χ1n) is 7.26. The van der Waals surface area contributed by atoms with Crippen molar-refractivity contribution in [2.24, 2.45) is 0 Å². The minimum absolute atomic E-state index is 0.270. The molecule has 0 radical (unpaired) electrons. The van der Waals surface area contributed by atoms with E-state index in [0.717, 1.165) is 25.3 Å². The van der Waals surface area contributed by atoms with E-state index in [2.05, 4.69) is 27.9 Å². The molecular weight excluding hydrogens is 439 g/mol. The van der Waals surface area contributed by atoms with Crippen LogP contribution in [0.1, 0.15) is 11.1 Å². The van der Waals surface area contributed by atoms with Crippen molar-refractivity contribution in [2.45, 2.75) is 13.8 Å². The van der Waals surface area contributed by atoms with Crippen LogP contribution in [0.3, 0.4) is 0 Å². The largest absolute Gasteiger partial charge is 0.325 e. The topological polar surface area (TPSA) is 66.5 Å². The smallest absolute Gasteiger partial charge is 0.245 e. The van der Waals surface area contributed by atoms with Crippen molar-refractivity contribution in [3.05, 3.63) is 57.2 Å². The average molecular weight is 458 g/mol. The molecule has 5 nitrogen and oxygen atoms in total. The molecule has 0 unspecified atom stereocenters. The Morgan fingerprint density at radius 2 is 1.62 bits per heavy atom. The molecule has 0 aliphatic carbocycles. The van der Waals surface area contributed by atoms with Gasteiger partial charge < -0.3 is 5.32 Å². The number of benzene rings is 2. The van der Waals surface area contributed by atoms with Crippen LogP contribution in [0.25, 0.3) is 0 Å². The van der Waals surface area contributed by atoms with Gasteiger partial charge in [0.05, 0.1) is 11.9 Å². The number of hydrogen-bond acceptors (Lipinski definition) is 3. The first kappa shape index (κ1) is 18.7. The molecule has 0 fully saturated rings. The number of aryl methyl sites for hydroxylation is 2. The molecule has 2 aromatic carbocycles. The normalized spacial score (nSPS) is 11.2. The van der Waals surface area contributed by atoms with Crippen LogP contribution < -0.4 is 9.62 Å². The Bertz CT molecular complexity index is 828. The van der Waals surface area contributed by atoms with E-state index >= 15 is 0 Å². The molecule has 0 atom stereocenters. The Kier molecular flexibility index (Phi) is 5.87. The fourth-order valence-electron chi connectivity index (χ4n) is 2.36. The lowest BCUT2D eigenvalue weighted by atomic mass is 10.1. The fraction of sp³-hybridized carbons (Fsp3) is 0.235. The van der Waals surface area contributed by atoms with E-state index in [0.29, 0.717) is 11.4 Å². The van der Waals surface area contributed by atoms with Crippen molar-refractivity contribution < 1.29 is 13.2 Å². The van der Waals surface area contributed by atoms with Gasteiger partial charge >= 0.3 is 0 Å². The molecule has 0 saturated carbocycles. The molecule has 2 aromatic rings. The summed E-state index contributed by atoms with van der Waals surface area (Å²) in [5.74, 6) is -0.388. The van der Waals surface area contributed by atoms with Gasteiger partial charge in [-0.2, -0.15) is 0 Å². The van der Waals surface area contributed by atoms with Crippen LogP contribution in [0.4, 0.5) is 11.4 Å². The summed E-state index contributed by atoms with van der Waals surface area (Å²) in [6, 6.07) is 12.8. The highest BCUT2D eigenvalue weighted by molar-refractivity contribution is 14.1. The highest BCUT2D eigenvalue weighted by Gasteiger charge is 2.21. The standard InChI is InChI=1S/C17H19IN2O3S/c1-12-8-13(2)10-16(9-12)20(24(3,22)23)11-17(21)19-15-6-4-14(18)5-7-15/h4-10H,11H2,1-3H3,(H,19,21). The lowest BCUT2D eigenvalue weighted by Crippen LogP contribution is -2.37. The van der Waals surface area contributed by atoms with Crippen molar-refractivity contribution in [1.82, 2.24) is 0 Å². The zero-order valence-corrected chi connectivity index (χ0v) is 16.7. The zero-order chi connectivity index (χ0) is 17.9. The Hall–Kier alpha value is -1.61. The summed E-state index contributed by atoms with van der Waals surface area (Å²) in [6.07, 6.45) is 1.10. The number of carbonyl (C=O) groups is 1. The third-order valence-corrected chi connectivity index (χ3v) is 5.17. The molecule has 0 saturated heterocycles. The molecule has 0 bridgehead atoms. The molecule has 0 aromatic heterocycles. The molecular formula is C17H19IN2O3S. The van der Waals surface area contributed by atoms with Crippen LogP contribution in [0, 0.1) is 17.4 Å². The number of nitrogens with one attached hydrogen (secondary N) is 1. The van der Waals surface area contributed by atoms with Gasteiger partial charge in [-0.15, -0.1) is 0 Å². The molecule has 0 aliphatic heterocycles. The van der Waals surface area contributed by atoms with Crippen LogP contribution in [0.5, 0.6) is 0 Å². The number of carbonyl (C=O) groups excluding carboxylic acids is 1. The summed E-state index contributed by atoms with van der Waals surface area (Å²) in [4.78, 5) is 12.3. The summed E-state index contributed by atoms with van der Waals surface area (Å²) in [7, 11) is -3.57. The molecule has 2 rings (SSSR count). The molecule has 1 N–H and O–H groups in total. The van der Waals surface area contributed by atoms with Crippen LogP contribution in [-0.4, -0.2) is 27.1 Å². The monoisotopic (exact) mass is 458 g/mol. The van der Waals surface area contributed by atoms with E-state index in [1.54, 1.807) is 24.3 Å². The summed E-state index contributed by atoms with van der Waals surface area (Å²) in [6.45, 7) is 3.51. The Morgan fingerprint density at radius 3 is 2.12 bits per heavy atom. The summed E-state index contributed by atoms with van der Waals surface area (Å²) >= 11 is 2.17. The highest BCUT2D eigenvalue weighted by Crippen LogP contribution is 2.21. The number of hydrogen-bond donors (Lipinski definition) is 1. The van der Waals surface area contributed by atoms with Crippen molar-refractivity contribution in [3.8, 4) is 0 Å². The second kappa shape index (κ2) is 7.52. The van der Waals surface area contributed by atoms with E-state index in [4.69, 9.17) is 0 Å². The molecule has 0 spiro atoms. The predicted molar refractivity (Wildman–Crippen MR) is 106 cm³/mol. The fourth-order valence-corrected chi connectivity index (χ4v) is 3.56. The summed E-state index contributed by atoms with van der Waals surface area (Å²) < 4.78 is 26.4. The van der Waals surface area contributed by atoms with Gasteiger partial charge in [0.25, 0.3) is 0 Å². The second-order valence-corrected chi connectivity index (χ2v) is 8.82. The van der Waals surface area contributed by atoms with Gasteiger partial charge in [0, 0.05) is 9.26 Å². The maximum atomic E-state index is 12.3. The zero-order valence-electron chi connectivity index (χ0n) is 13.7. The first-order chi connectivity index (χ1) is 11.1. The van der Waals surface area contributed by atoms with Crippen LogP contribution >= 0.6 is 22.6 Å². The van der Waals surface area contributed by atoms with E-state index in [-0.39, 0.29) is 12.5 Å². The summed E-state index contributed by atoms with van der Waals surface area (Å²) in [5, 5.41) is 2.72. The van der Waals surface area contributed by atoms with Crippen molar-refractivity contribution in [3.63, 3.8) is 0 Å². The van der Waals surface area contributed by atoms with Gasteiger partial charge in [0.15, 0.2) is 0 Å². The van der Waals surface area contributed by atoms with Gasteiger partial charge in [-0.3, -0.25) is 9.10 Å². The minimum atomic E-state index is -3.57. The van der Waals surface area contributed by atoms with E-state index in [1.165, 1.54) is 0 Å². The molecule has 128 valence electrons. The van der Waals surface area contributed by atoms with Crippen LogP contribution in [0.2, 0.25) is 0 Å². The van der Waals surface area contributed by atoms with E-state index < -0.39 is 10.0 Å². The Balaban J connectivity index is 2.23. The van der Waals surface area contributed by atoms with Crippen LogP contribution in [0.15, 0.2) is 42.5 Å². The number of halogens is 1. The number of rotatable bonds is 5. The molecule has 1 amide bonds. The van der Waals surface area contributed by atoms with Crippen molar-refractivity contribution in [2.75, 3.05) is 22.4 Å². The van der Waals surface area contributed by atoms with Crippen LogP contribution in [-0.2, 0) is 14.8 Å². The molecule has 24 heavy (non-hydrogen) atoms. The summed E-state index contributed by atoms with van der Waals surface area (Å²) in [5.41, 5.74) is 3.01. The quantitative estimate of drug-likeness (QED) is 0.700. The Labute approximate surface area is 156 Å². The first-order valence-corrected chi connectivity index (χ1v) is 10.2. The molecule has 0 aliphatic rings. The number of amides is 1.